The maximum atomic E-state index is 12.2. The molecule has 1 aliphatic heterocycles. The van der Waals surface area contributed by atoms with Crippen molar-refractivity contribution in [1.29, 1.82) is 0 Å². The van der Waals surface area contributed by atoms with Crippen LogP contribution in [0.15, 0.2) is 0 Å². The van der Waals surface area contributed by atoms with Gasteiger partial charge in [-0.2, -0.15) is 0 Å². The Labute approximate surface area is 127 Å². The second kappa shape index (κ2) is 9.60. The number of nitrogens with zero attached hydrogens (tertiary/aromatic N) is 1. The van der Waals surface area contributed by atoms with E-state index in [0.717, 1.165) is 32.1 Å². The Balaban J connectivity index is 2.31. The average molecular weight is 299 g/mol. The first kappa shape index (κ1) is 17.8. The quantitative estimate of drug-likeness (QED) is 0.711. The molecule has 0 spiro atoms. The van der Waals surface area contributed by atoms with Crippen molar-refractivity contribution in [3.05, 3.63) is 0 Å². The van der Waals surface area contributed by atoms with Crippen LogP contribution in [0.4, 0.5) is 4.79 Å². The largest absolute Gasteiger partial charge is 0.453 e. The van der Waals surface area contributed by atoms with Crippen LogP contribution < -0.4 is 11.1 Å². The van der Waals surface area contributed by atoms with Crippen LogP contribution in [0.5, 0.6) is 0 Å². The number of nitrogens with one attached hydrogen (secondary N) is 1. The molecular formula is C15H29N3O3. The molecule has 0 aromatic heterocycles. The molecule has 3 N–H and O–H groups in total. The van der Waals surface area contributed by atoms with Gasteiger partial charge in [-0.15, -0.1) is 0 Å². The Morgan fingerprint density at radius 3 is 2.76 bits per heavy atom. The zero-order valence-corrected chi connectivity index (χ0v) is 13.3. The highest BCUT2D eigenvalue weighted by Gasteiger charge is 2.27. The summed E-state index contributed by atoms with van der Waals surface area (Å²) in [6.45, 7) is 4.15. The summed E-state index contributed by atoms with van der Waals surface area (Å²) in [4.78, 5) is 25.2. The molecule has 2 unspecified atom stereocenters. The molecule has 122 valence electrons. The van der Waals surface area contributed by atoms with Gasteiger partial charge in [0.1, 0.15) is 0 Å². The third kappa shape index (κ3) is 6.33. The van der Waals surface area contributed by atoms with Gasteiger partial charge in [0.2, 0.25) is 5.91 Å². The number of alkyl carbamates (subject to hydrolysis) is 1. The molecule has 0 aromatic rings. The third-order valence-corrected chi connectivity index (χ3v) is 4.09. The zero-order valence-electron chi connectivity index (χ0n) is 13.3. The third-order valence-electron chi connectivity index (χ3n) is 4.09. The number of likely N-dealkylation sites (tertiary alicyclic amines) is 1. The summed E-state index contributed by atoms with van der Waals surface area (Å²) >= 11 is 0. The predicted molar refractivity (Wildman–Crippen MR) is 81.8 cm³/mol. The molecule has 6 heteroatoms. The van der Waals surface area contributed by atoms with E-state index in [1.807, 2.05) is 4.90 Å². The minimum Gasteiger partial charge on any atom is -0.453 e. The molecule has 1 heterocycles. The van der Waals surface area contributed by atoms with Crippen LogP contribution in [0.3, 0.4) is 0 Å². The fraction of sp³-hybridized carbons (Fsp3) is 0.867. The summed E-state index contributed by atoms with van der Waals surface area (Å²) in [5.74, 6) is 0.734. The average Bonchev–Trinajstić information content (AvgIpc) is 2.93. The lowest BCUT2D eigenvalue weighted by Crippen LogP contribution is -2.38. The van der Waals surface area contributed by atoms with E-state index >= 15 is 0 Å². The highest BCUT2D eigenvalue weighted by molar-refractivity contribution is 5.76. The predicted octanol–water partition coefficient (Wildman–Crippen LogP) is 1.49. The minimum absolute atomic E-state index is 0.0110. The van der Waals surface area contributed by atoms with Crippen molar-refractivity contribution in [3.8, 4) is 0 Å². The standard InChI is InChI=1S/C15H29N3O3/c1-3-4-12(7-9-16)5-6-14(19)18-10-8-13(11-18)17-15(20)21-2/h12-13H,3-11,16H2,1-2H3,(H,17,20). The van der Waals surface area contributed by atoms with Crippen molar-refractivity contribution < 1.29 is 14.3 Å². The fourth-order valence-electron chi connectivity index (χ4n) is 2.89. The maximum Gasteiger partial charge on any atom is 0.407 e. The normalized spacial score (nSPS) is 19.4. The molecule has 1 aliphatic rings. The van der Waals surface area contributed by atoms with Crippen molar-refractivity contribution in [1.82, 2.24) is 10.2 Å². The Morgan fingerprint density at radius 2 is 2.14 bits per heavy atom. The van der Waals surface area contributed by atoms with Crippen molar-refractivity contribution in [3.63, 3.8) is 0 Å². The van der Waals surface area contributed by atoms with Crippen LogP contribution in [-0.4, -0.2) is 49.7 Å². The van der Waals surface area contributed by atoms with Crippen molar-refractivity contribution in [2.75, 3.05) is 26.7 Å². The minimum atomic E-state index is -0.430. The molecule has 2 atom stereocenters. The highest BCUT2D eigenvalue weighted by Crippen LogP contribution is 2.19. The van der Waals surface area contributed by atoms with Gasteiger partial charge in [-0.25, -0.2) is 4.79 Å². The Morgan fingerprint density at radius 1 is 1.38 bits per heavy atom. The van der Waals surface area contributed by atoms with E-state index in [-0.39, 0.29) is 11.9 Å². The molecule has 0 aromatic carbocycles. The molecule has 2 amide bonds. The summed E-state index contributed by atoms with van der Waals surface area (Å²) in [6.07, 6.45) is 5.12. The maximum absolute atomic E-state index is 12.2. The molecule has 1 fully saturated rings. The van der Waals surface area contributed by atoms with Gasteiger partial charge in [0.25, 0.3) is 0 Å². The van der Waals surface area contributed by atoms with Gasteiger partial charge in [0.05, 0.1) is 13.2 Å². The topological polar surface area (TPSA) is 84.7 Å². The van der Waals surface area contributed by atoms with Crippen LogP contribution in [0.1, 0.15) is 45.4 Å². The summed E-state index contributed by atoms with van der Waals surface area (Å²) in [5.41, 5.74) is 5.62. The van der Waals surface area contributed by atoms with Gasteiger partial charge < -0.3 is 20.7 Å². The molecular weight excluding hydrogens is 270 g/mol. The van der Waals surface area contributed by atoms with Crippen LogP contribution >= 0.6 is 0 Å². The number of hydrogen-bond donors (Lipinski definition) is 2. The van der Waals surface area contributed by atoms with Crippen molar-refractivity contribution in [2.24, 2.45) is 11.7 Å². The summed E-state index contributed by atoms with van der Waals surface area (Å²) in [7, 11) is 1.35. The number of carbonyl (C=O) groups excluding carboxylic acids is 2. The number of carbonyl (C=O) groups is 2. The smallest absolute Gasteiger partial charge is 0.407 e. The first-order valence-corrected chi connectivity index (χ1v) is 7.93. The first-order valence-electron chi connectivity index (χ1n) is 7.93. The van der Waals surface area contributed by atoms with Gasteiger partial charge in [-0.3, -0.25) is 4.79 Å². The summed E-state index contributed by atoms with van der Waals surface area (Å²) < 4.78 is 4.58. The van der Waals surface area contributed by atoms with E-state index < -0.39 is 6.09 Å². The van der Waals surface area contributed by atoms with Gasteiger partial charge in [0, 0.05) is 19.5 Å². The monoisotopic (exact) mass is 299 g/mol. The van der Waals surface area contributed by atoms with Crippen molar-refractivity contribution >= 4 is 12.0 Å². The lowest BCUT2D eigenvalue weighted by molar-refractivity contribution is -0.130. The number of nitrogens with two attached hydrogens (primary N) is 1. The molecule has 1 saturated heterocycles. The summed E-state index contributed by atoms with van der Waals surface area (Å²) in [5, 5.41) is 2.75. The Kier molecular flexibility index (Phi) is 8.12. The molecule has 0 saturated carbocycles. The number of methoxy groups -OCH3 is 1. The summed E-state index contributed by atoms with van der Waals surface area (Å²) in [6, 6.07) is 0.0110. The highest BCUT2D eigenvalue weighted by atomic mass is 16.5. The molecule has 0 radical (unpaired) electrons. The number of amides is 2. The lowest BCUT2D eigenvalue weighted by atomic mass is 9.94. The van der Waals surface area contributed by atoms with E-state index in [1.54, 1.807) is 0 Å². The Hall–Kier alpha value is -1.30. The molecule has 0 aliphatic carbocycles. The van der Waals surface area contributed by atoms with E-state index in [4.69, 9.17) is 5.73 Å². The van der Waals surface area contributed by atoms with E-state index in [1.165, 1.54) is 7.11 Å². The van der Waals surface area contributed by atoms with E-state index in [0.29, 0.717) is 32.0 Å². The SMILES string of the molecule is CCCC(CCN)CCC(=O)N1CCC(NC(=O)OC)C1. The first-order chi connectivity index (χ1) is 10.1. The molecule has 6 nitrogen and oxygen atoms in total. The molecule has 1 rings (SSSR count). The van der Waals surface area contributed by atoms with Crippen LogP contribution in [-0.2, 0) is 9.53 Å². The molecule has 21 heavy (non-hydrogen) atoms. The van der Waals surface area contributed by atoms with Gasteiger partial charge in [0.15, 0.2) is 0 Å². The van der Waals surface area contributed by atoms with Gasteiger partial charge in [-0.05, 0) is 31.7 Å². The number of ether oxygens (including phenoxy) is 1. The second-order valence-corrected chi connectivity index (χ2v) is 5.73. The second-order valence-electron chi connectivity index (χ2n) is 5.73. The number of hydrogen-bond acceptors (Lipinski definition) is 4. The fourth-order valence-corrected chi connectivity index (χ4v) is 2.89. The van der Waals surface area contributed by atoms with Crippen molar-refractivity contribution in [2.45, 2.75) is 51.5 Å². The lowest BCUT2D eigenvalue weighted by Gasteiger charge is -2.19. The van der Waals surface area contributed by atoms with Crippen LogP contribution in [0, 0.1) is 5.92 Å². The zero-order chi connectivity index (χ0) is 15.7. The Bertz CT molecular complexity index is 330. The van der Waals surface area contributed by atoms with E-state index in [9.17, 15) is 9.59 Å². The molecule has 0 bridgehead atoms. The van der Waals surface area contributed by atoms with E-state index in [2.05, 4.69) is 17.0 Å². The van der Waals surface area contributed by atoms with Crippen LogP contribution in [0.2, 0.25) is 0 Å². The number of rotatable bonds is 8. The van der Waals surface area contributed by atoms with Gasteiger partial charge in [-0.1, -0.05) is 19.8 Å². The van der Waals surface area contributed by atoms with Gasteiger partial charge >= 0.3 is 6.09 Å². The van der Waals surface area contributed by atoms with Crippen LogP contribution in [0.25, 0.3) is 0 Å².